The highest BCUT2D eigenvalue weighted by Gasteiger charge is 2.29. The molecule has 0 radical (unpaired) electrons. The number of halogens is 6. The van der Waals surface area contributed by atoms with Crippen molar-refractivity contribution in [3.63, 3.8) is 0 Å². The maximum absolute atomic E-state index is 12.9. The van der Waals surface area contributed by atoms with Crippen molar-refractivity contribution in [3.8, 4) is 0 Å². The molecule has 84 valence electrons. The predicted octanol–water partition coefficient (Wildman–Crippen LogP) is 2.65. The Morgan fingerprint density at radius 1 is 0.867 bits per heavy atom. The van der Waals surface area contributed by atoms with Crippen LogP contribution < -0.4 is 0 Å². The van der Waals surface area contributed by atoms with Crippen molar-refractivity contribution in [1.82, 2.24) is 0 Å². The van der Waals surface area contributed by atoms with Gasteiger partial charge in [0.05, 0.1) is 17.5 Å². The molecule has 0 saturated carbocycles. The van der Waals surface area contributed by atoms with E-state index in [1.54, 1.807) is 0 Å². The Morgan fingerprint density at radius 2 is 1.20 bits per heavy atom. The van der Waals surface area contributed by atoms with Crippen molar-refractivity contribution in [2.24, 2.45) is 0 Å². The van der Waals surface area contributed by atoms with Crippen LogP contribution in [-0.2, 0) is 0 Å². The number of aliphatic hydroxyl groups excluding tert-OH is 1. The van der Waals surface area contributed by atoms with Crippen LogP contribution in [0.4, 0.5) is 22.0 Å². The Hall–Kier alpha value is -0.880. The molecule has 0 amide bonds. The minimum absolute atomic E-state index is 0.945. The van der Waals surface area contributed by atoms with Crippen LogP contribution in [-0.4, -0.2) is 11.7 Å². The smallest absolute Gasteiger partial charge is 0.200 e. The summed E-state index contributed by atoms with van der Waals surface area (Å²) in [5, 5.41) is 6.80. The second-order valence-electron chi connectivity index (χ2n) is 2.63. The van der Waals surface area contributed by atoms with Gasteiger partial charge in [-0.15, -0.1) is 11.6 Å². The molecule has 1 N–H and O–H groups in total. The highest BCUT2D eigenvalue weighted by molar-refractivity contribution is 6.20. The van der Waals surface area contributed by atoms with Crippen LogP contribution in [0.5, 0.6) is 0 Å². The summed E-state index contributed by atoms with van der Waals surface area (Å²) in [6.07, 6.45) is 0. The Bertz CT molecular complexity index is 366. The topological polar surface area (TPSA) is 20.2 Å². The molecule has 1 nitrogen and oxygen atoms in total. The van der Waals surface area contributed by atoms with Crippen molar-refractivity contribution in [2.75, 3.05) is 6.61 Å². The van der Waals surface area contributed by atoms with E-state index in [9.17, 15) is 22.0 Å². The van der Waals surface area contributed by atoms with E-state index >= 15 is 0 Å². The fourth-order valence-corrected chi connectivity index (χ4v) is 1.18. The molecule has 0 heterocycles. The molecule has 0 fully saturated rings. The first-order valence-corrected chi connectivity index (χ1v) is 4.11. The first-order valence-electron chi connectivity index (χ1n) is 3.68. The average Bonchev–Trinajstić information content (AvgIpc) is 2.23. The van der Waals surface area contributed by atoms with Gasteiger partial charge in [0.1, 0.15) is 0 Å². The van der Waals surface area contributed by atoms with Crippen molar-refractivity contribution < 1.29 is 27.1 Å². The lowest BCUT2D eigenvalue weighted by Crippen LogP contribution is -2.10. The summed E-state index contributed by atoms with van der Waals surface area (Å²) in [5.74, 6) is -10.5. The molecule has 0 aliphatic carbocycles. The van der Waals surface area contributed by atoms with Gasteiger partial charge in [0.25, 0.3) is 0 Å². The Balaban J connectivity index is 3.52. The molecule has 0 bridgehead atoms. The maximum Gasteiger partial charge on any atom is 0.200 e. The number of aliphatic hydroxyl groups is 1. The van der Waals surface area contributed by atoms with Gasteiger partial charge in [-0.2, -0.15) is 0 Å². The molecule has 1 aromatic rings. The summed E-state index contributed by atoms with van der Waals surface area (Å²) in [5.41, 5.74) is -1.23. The first-order chi connectivity index (χ1) is 6.91. The molecular formula is C8H4ClF5O. The molecule has 1 aromatic carbocycles. The predicted molar refractivity (Wildman–Crippen MR) is 41.9 cm³/mol. The molecule has 1 rings (SSSR count). The van der Waals surface area contributed by atoms with E-state index in [1.807, 2.05) is 0 Å². The SMILES string of the molecule is OCC(Cl)c1c(F)c(F)c(F)c(F)c1F. The average molecular weight is 247 g/mol. The minimum Gasteiger partial charge on any atom is -0.394 e. The third kappa shape index (κ3) is 1.91. The van der Waals surface area contributed by atoms with Gasteiger partial charge in [-0.25, -0.2) is 22.0 Å². The van der Waals surface area contributed by atoms with Crippen molar-refractivity contribution in [3.05, 3.63) is 34.6 Å². The van der Waals surface area contributed by atoms with E-state index in [4.69, 9.17) is 16.7 Å². The molecular weight excluding hydrogens is 243 g/mol. The standard InChI is InChI=1S/C8H4ClF5O/c9-2(1-15)3-4(10)6(12)8(14)7(13)5(3)11/h2,15H,1H2. The molecule has 0 saturated heterocycles. The normalized spacial score (nSPS) is 13.0. The summed E-state index contributed by atoms with van der Waals surface area (Å²) >= 11 is 5.21. The van der Waals surface area contributed by atoms with Gasteiger partial charge < -0.3 is 5.11 Å². The molecule has 15 heavy (non-hydrogen) atoms. The highest BCUT2D eigenvalue weighted by Crippen LogP contribution is 2.30. The Morgan fingerprint density at radius 3 is 1.53 bits per heavy atom. The highest BCUT2D eigenvalue weighted by atomic mass is 35.5. The van der Waals surface area contributed by atoms with Crippen molar-refractivity contribution in [2.45, 2.75) is 5.38 Å². The van der Waals surface area contributed by atoms with E-state index in [-0.39, 0.29) is 0 Å². The van der Waals surface area contributed by atoms with Crippen LogP contribution in [0.2, 0.25) is 0 Å². The summed E-state index contributed by atoms with van der Waals surface area (Å²) < 4.78 is 63.6. The van der Waals surface area contributed by atoms with E-state index in [0.29, 0.717) is 0 Å². The number of alkyl halides is 1. The molecule has 0 aliphatic rings. The van der Waals surface area contributed by atoms with Gasteiger partial charge in [-0.3, -0.25) is 0 Å². The number of rotatable bonds is 2. The maximum atomic E-state index is 12.9. The largest absolute Gasteiger partial charge is 0.394 e. The van der Waals surface area contributed by atoms with Gasteiger partial charge in [0.2, 0.25) is 5.82 Å². The number of hydrogen-bond donors (Lipinski definition) is 1. The second-order valence-corrected chi connectivity index (χ2v) is 3.16. The van der Waals surface area contributed by atoms with Crippen LogP contribution in [0.1, 0.15) is 10.9 Å². The summed E-state index contributed by atoms with van der Waals surface area (Å²) in [6.45, 7) is -0.945. The van der Waals surface area contributed by atoms with Crippen LogP contribution in [0, 0.1) is 29.1 Å². The molecule has 0 aromatic heterocycles. The molecule has 1 atom stereocenters. The molecule has 7 heteroatoms. The van der Waals surface area contributed by atoms with Gasteiger partial charge in [-0.05, 0) is 0 Å². The summed E-state index contributed by atoms with van der Waals surface area (Å²) in [7, 11) is 0. The Labute approximate surface area is 86.1 Å². The number of hydrogen-bond acceptors (Lipinski definition) is 1. The quantitative estimate of drug-likeness (QED) is 0.368. The lowest BCUT2D eigenvalue weighted by molar-refractivity contribution is 0.284. The fraction of sp³-hybridized carbons (Fsp3) is 0.250. The third-order valence-corrected chi connectivity index (χ3v) is 2.07. The Kier molecular flexibility index (Phi) is 3.51. The lowest BCUT2D eigenvalue weighted by atomic mass is 10.1. The fourth-order valence-electron chi connectivity index (χ4n) is 0.988. The lowest BCUT2D eigenvalue weighted by Gasteiger charge is -2.10. The van der Waals surface area contributed by atoms with E-state index in [2.05, 4.69) is 0 Å². The van der Waals surface area contributed by atoms with Crippen LogP contribution in [0.15, 0.2) is 0 Å². The van der Waals surface area contributed by atoms with E-state index < -0.39 is 46.6 Å². The first kappa shape index (κ1) is 12.2. The second kappa shape index (κ2) is 4.32. The van der Waals surface area contributed by atoms with Crippen molar-refractivity contribution in [1.29, 1.82) is 0 Å². The monoisotopic (exact) mass is 246 g/mol. The van der Waals surface area contributed by atoms with Gasteiger partial charge in [-0.1, -0.05) is 0 Å². The molecule has 0 spiro atoms. The third-order valence-electron chi connectivity index (χ3n) is 1.72. The zero-order valence-corrected chi connectivity index (χ0v) is 7.76. The van der Waals surface area contributed by atoms with E-state index in [1.165, 1.54) is 0 Å². The summed E-state index contributed by atoms with van der Waals surface area (Å²) in [4.78, 5) is 0. The summed E-state index contributed by atoms with van der Waals surface area (Å²) in [6, 6.07) is 0. The molecule has 1 unspecified atom stereocenters. The molecule has 0 aliphatic heterocycles. The van der Waals surface area contributed by atoms with Gasteiger partial charge >= 0.3 is 0 Å². The van der Waals surface area contributed by atoms with Crippen LogP contribution >= 0.6 is 11.6 Å². The minimum atomic E-state index is -2.25. The zero-order valence-electron chi connectivity index (χ0n) is 7.00. The van der Waals surface area contributed by atoms with Crippen LogP contribution in [0.25, 0.3) is 0 Å². The van der Waals surface area contributed by atoms with E-state index in [0.717, 1.165) is 0 Å². The zero-order chi connectivity index (χ0) is 11.7. The van der Waals surface area contributed by atoms with Crippen molar-refractivity contribution >= 4 is 11.6 Å². The van der Waals surface area contributed by atoms with Gasteiger partial charge in [0, 0.05) is 0 Å². The van der Waals surface area contributed by atoms with Crippen LogP contribution in [0.3, 0.4) is 0 Å². The van der Waals surface area contributed by atoms with Gasteiger partial charge in [0.15, 0.2) is 23.3 Å². The number of benzene rings is 1.